The topological polar surface area (TPSA) is 23.8 Å². The van der Waals surface area contributed by atoms with Crippen LogP contribution in [0.2, 0.25) is 0 Å². The summed E-state index contributed by atoms with van der Waals surface area (Å²) >= 11 is 0. The molecule has 0 aromatic carbocycles. The van der Waals surface area contributed by atoms with Gasteiger partial charge in [-0.25, -0.2) is 0 Å². The van der Waals surface area contributed by atoms with Crippen molar-refractivity contribution in [2.75, 3.05) is 0 Å². The van der Waals surface area contributed by atoms with E-state index in [1.165, 1.54) is 0 Å². The Morgan fingerprint density at radius 3 is 1.25 bits per heavy atom. The Bertz CT molecular complexity index is 12.8. The second kappa shape index (κ2) is 51.6. The van der Waals surface area contributed by atoms with Crippen molar-refractivity contribution in [3.63, 3.8) is 0 Å². The molecular weight excluding hydrogens is 126 g/mol. The van der Waals surface area contributed by atoms with Crippen molar-refractivity contribution in [1.82, 2.24) is 0 Å². The van der Waals surface area contributed by atoms with E-state index in [1.54, 1.807) is 0 Å². The molecule has 0 heterocycles. The molecular formula is CCrNTi-. The third-order valence-corrected chi connectivity index (χ3v) is 0. The van der Waals surface area contributed by atoms with E-state index in [-0.39, 0.29) is 39.1 Å². The van der Waals surface area contributed by atoms with Gasteiger partial charge in [-0.2, -0.15) is 0 Å². The van der Waals surface area contributed by atoms with Gasteiger partial charge in [0.2, 0.25) is 0 Å². The molecule has 1 nitrogen and oxygen atoms in total. The van der Waals surface area contributed by atoms with Crippen molar-refractivity contribution in [2.24, 2.45) is 0 Å². The smallest absolute Gasteiger partial charge is 0 e. The van der Waals surface area contributed by atoms with E-state index in [2.05, 4.69) is 0 Å². The second-order valence-corrected chi connectivity index (χ2v) is 0. The molecule has 0 aliphatic carbocycles. The molecule has 0 N–H and O–H groups in total. The van der Waals surface area contributed by atoms with Gasteiger partial charge in [-0.05, 0) is 0 Å². The fourth-order valence-corrected chi connectivity index (χ4v) is 0. The molecule has 0 radical (unpaired) electrons. The van der Waals surface area contributed by atoms with Crippen molar-refractivity contribution >= 4 is 0 Å². The van der Waals surface area contributed by atoms with Crippen molar-refractivity contribution < 1.29 is 39.1 Å². The first-order valence-electron chi connectivity index (χ1n) is 0.224. The first-order chi connectivity index (χ1) is 1.00. The zero-order valence-electron chi connectivity index (χ0n) is 1.86. The fourth-order valence-electron chi connectivity index (χ4n) is 0. The molecule has 0 bridgehead atoms. The summed E-state index contributed by atoms with van der Waals surface area (Å²) in [5.41, 5.74) is 0. The molecule has 0 amide bonds. The Hall–Kier alpha value is 0.737. The predicted octanol–water partition coefficient (Wildman–Crippen LogP) is 0.0914. The third kappa shape index (κ3) is 15.2. The van der Waals surface area contributed by atoms with Crippen LogP contribution in [0.4, 0.5) is 0 Å². The zero-order chi connectivity index (χ0) is 2.00. The summed E-state index contributed by atoms with van der Waals surface area (Å²) in [7, 11) is 0. The van der Waals surface area contributed by atoms with E-state index in [9.17, 15) is 0 Å². The summed E-state index contributed by atoms with van der Waals surface area (Å²) in [4.78, 5) is 0. The quantitative estimate of drug-likeness (QED) is 0.333. The summed E-state index contributed by atoms with van der Waals surface area (Å²) in [6.45, 7) is 4.75. The summed E-state index contributed by atoms with van der Waals surface area (Å²) in [5.74, 6) is 0. The fraction of sp³-hybridized carbons (Fsp3) is 0. The van der Waals surface area contributed by atoms with Gasteiger partial charge in [0, 0.05) is 39.1 Å². The molecule has 0 rings (SSSR count). The van der Waals surface area contributed by atoms with Gasteiger partial charge in [-0.15, -0.1) is 0 Å². The molecule has 3 heteroatoms. The molecule has 0 saturated heterocycles. The van der Waals surface area contributed by atoms with Crippen LogP contribution < -0.4 is 0 Å². The zero-order valence-corrected chi connectivity index (χ0v) is 4.69. The molecule has 0 aliphatic heterocycles. The molecule has 0 aliphatic rings. The Kier molecular flexibility index (Phi) is 283. The van der Waals surface area contributed by atoms with Crippen LogP contribution in [0.5, 0.6) is 0 Å². The third-order valence-electron chi connectivity index (χ3n) is 0. The minimum absolute atomic E-state index is 0. The number of nitrogens with zero attached hydrogens (tertiary/aromatic N) is 1. The maximum absolute atomic E-state index is 6.25. The van der Waals surface area contributed by atoms with Crippen LogP contribution in [0, 0.1) is 11.8 Å². The van der Waals surface area contributed by atoms with Crippen LogP contribution in [-0.2, 0) is 39.1 Å². The van der Waals surface area contributed by atoms with Gasteiger partial charge in [0.25, 0.3) is 0 Å². The van der Waals surface area contributed by atoms with Gasteiger partial charge in [-0.1, -0.05) is 0 Å². The average Bonchev–Trinajstić information content (AvgIpc) is 1.00. The number of hydrogen-bond donors (Lipinski definition) is 0. The van der Waals surface area contributed by atoms with Crippen LogP contribution in [0.15, 0.2) is 0 Å². The van der Waals surface area contributed by atoms with Crippen molar-refractivity contribution in [3.8, 4) is 0 Å². The molecule has 4 heavy (non-hydrogen) atoms. The van der Waals surface area contributed by atoms with Crippen molar-refractivity contribution in [1.29, 1.82) is 5.26 Å². The van der Waals surface area contributed by atoms with E-state index in [0.29, 0.717) is 0 Å². The van der Waals surface area contributed by atoms with Crippen LogP contribution >= 0.6 is 0 Å². The SMILES string of the molecule is [C-]#N.[Cr].[Ti]. The molecule has 0 spiro atoms. The minimum Gasteiger partial charge on any atom is -0.512 e. The largest absolute Gasteiger partial charge is 0.512 e. The molecule has 0 unspecified atom stereocenters. The summed E-state index contributed by atoms with van der Waals surface area (Å²) in [6, 6.07) is 0. The van der Waals surface area contributed by atoms with E-state index in [0.717, 1.165) is 0 Å². The van der Waals surface area contributed by atoms with Crippen molar-refractivity contribution in [2.45, 2.75) is 0 Å². The first kappa shape index (κ1) is 21.9. The van der Waals surface area contributed by atoms with Crippen LogP contribution in [0.25, 0.3) is 0 Å². The minimum atomic E-state index is 0. The normalized spacial score (nSPS) is 0.500. The Morgan fingerprint density at radius 2 is 1.25 bits per heavy atom. The van der Waals surface area contributed by atoms with E-state index < -0.39 is 0 Å². The Balaban J connectivity index is -0.00000000500. The second-order valence-electron chi connectivity index (χ2n) is 0. The molecule has 0 saturated carbocycles. The monoisotopic (exact) mass is 126 g/mol. The predicted molar refractivity (Wildman–Crippen MR) is 4.97 cm³/mol. The van der Waals surface area contributed by atoms with Gasteiger partial charge in [0.15, 0.2) is 0 Å². The van der Waals surface area contributed by atoms with E-state index in [4.69, 9.17) is 11.8 Å². The Labute approximate surface area is 51.0 Å². The van der Waals surface area contributed by atoms with E-state index >= 15 is 0 Å². The Morgan fingerprint density at radius 1 is 1.25 bits per heavy atom. The molecule has 0 atom stereocenters. The van der Waals surface area contributed by atoms with E-state index in [1.807, 2.05) is 0 Å². The van der Waals surface area contributed by atoms with Crippen LogP contribution in [0.3, 0.4) is 0 Å². The molecule has 20 valence electrons. The van der Waals surface area contributed by atoms with Gasteiger partial charge in [-0.3, -0.25) is 0 Å². The van der Waals surface area contributed by atoms with Crippen molar-refractivity contribution in [3.05, 3.63) is 6.57 Å². The average molecular weight is 126 g/mol. The molecule has 0 aromatic rings. The maximum atomic E-state index is 6.25. The van der Waals surface area contributed by atoms with Crippen LogP contribution in [-0.4, -0.2) is 0 Å². The van der Waals surface area contributed by atoms with Gasteiger partial charge in [0.1, 0.15) is 0 Å². The summed E-state index contributed by atoms with van der Waals surface area (Å²) in [6.07, 6.45) is 0. The summed E-state index contributed by atoms with van der Waals surface area (Å²) in [5, 5.41) is 6.25. The first-order valence-corrected chi connectivity index (χ1v) is 0.224. The molecule has 0 fully saturated rings. The summed E-state index contributed by atoms with van der Waals surface area (Å²) < 4.78 is 0. The standard InChI is InChI=1S/CN.Cr.Ti/c1-2;;/q-1;;. The van der Waals surface area contributed by atoms with Crippen LogP contribution in [0.1, 0.15) is 0 Å². The molecule has 0 aromatic heterocycles. The maximum Gasteiger partial charge on any atom is 0 e. The van der Waals surface area contributed by atoms with Gasteiger partial charge >= 0.3 is 0 Å². The number of hydrogen-bond acceptors (Lipinski definition) is 1. The van der Waals surface area contributed by atoms with Gasteiger partial charge < -0.3 is 11.8 Å². The number of rotatable bonds is 0. The van der Waals surface area contributed by atoms with Gasteiger partial charge in [0.05, 0.1) is 0 Å².